The lowest BCUT2D eigenvalue weighted by Gasteiger charge is -2.35. The van der Waals surface area contributed by atoms with E-state index >= 15 is 0 Å². The Morgan fingerprint density at radius 2 is 1.86 bits per heavy atom. The van der Waals surface area contributed by atoms with Crippen molar-refractivity contribution >= 4 is 17.7 Å². The second-order valence-electron chi connectivity index (χ2n) is 8.87. The highest BCUT2D eigenvalue weighted by Gasteiger charge is 2.58. The van der Waals surface area contributed by atoms with Gasteiger partial charge in [0.25, 0.3) is 0 Å². The summed E-state index contributed by atoms with van der Waals surface area (Å²) in [6, 6.07) is -1.18. The number of aliphatic hydroxyl groups excluding tert-OH is 1. The molecule has 1 aliphatic carbocycles. The highest BCUT2D eigenvalue weighted by molar-refractivity contribution is 5.97. The molecule has 7 heteroatoms. The number of carbonyl (C=O) groups excluding carboxylic acids is 3. The molecule has 3 amide bonds. The standard InChI is InChI=1S/C21H35N3O4/c1-7-12-9-10-14-16(15(12)18(26)22-6)20(28)24(13(8-2)11-25)17(14)19(27)23-21(3,4)5/h9-10,12-17,25H,7-8,11H2,1-6H3,(H,22,26)(H,23,27)/t12-,13+,14+,15-,16+,17+/m1/s1. The van der Waals surface area contributed by atoms with Crippen LogP contribution in [0.15, 0.2) is 12.2 Å². The lowest BCUT2D eigenvalue weighted by Crippen LogP contribution is -2.55. The van der Waals surface area contributed by atoms with E-state index in [4.69, 9.17) is 0 Å². The zero-order chi connectivity index (χ0) is 21.2. The molecule has 1 aliphatic heterocycles. The third-order valence-electron chi connectivity index (χ3n) is 5.91. The maximum Gasteiger partial charge on any atom is 0.243 e. The Labute approximate surface area is 167 Å². The first kappa shape index (κ1) is 22.4. The number of hydrogen-bond donors (Lipinski definition) is 3. The van der Waals surface area contributed by atoms with Gasteiger partial charge in [0.15, 0.2) is 0 Å². The summed E-state index contributed by atoms with van der Waals surface area (Å²) in [5.74, 6) is -2.17. The molecule has 3 N–H and O–H groups in total. The zero-order valence-corrected chi connectivity index (χ0v) is 17.9. The van der Waals surface area contributed by atoms with E-state index in [9.17, 15) is 19.5 Å². The SMILES string of the molecule is CC[C@@H](CO)N1C(=O)[C@H]2[C@H](C=C[C@@H](CC)[C@H]2C(=O)NC)[C@H]1C(=O)NC(C)(C)C. The Hall–Kier alpha value is -1.89. The van der Waals surface area contributed by atoms with Crippen LogP contribution in [0, 0.1) is 23.7 Å². The molecule has 0 saturated carbocycles. The van der Waals surface area contributed by atoms with Crippen molar-refractivity contribution in [2.45, 2.75) is 65.1 Å². The molecule has 6 atom stereocenters. The van der Waals surface area contributed by atoms with Crippen molar-refractivity contribution in [3.05, 3.63) is 12.2 Å². The monoisotopic (exact) mass is 393 g/mol. The molecule has 0 aromatic rings. The Morgan fingerprint density at radius 3 is 2.32 bits per heavy atom. The Kier molecular flexibility index (Phi) is 6.91. The number of rotatable bonds is 6. The summed E-state index contributed by atoms with van der Waals surface area (Å²) in [6.07, 6.45) is 5.19. The van der Waals surface area contributed by atoms with Crippen LogP contribution >= 0.6 is 0 Å². The van der Waals surface area contributed by atoms with Gasteiger partial charge in [-0.2, -0.15) is 0 Å². The third kappa shape index (κ3) is 4.09. The lowest BCUT2D eigenvalue weighted by atomic mass is 9.68. The topological polar surface area (TPSA) is 98.7 Å². The number of carbonyl (C=O) groups is 3. The quantitative estimate of drug-likeness (QED) is 0.588. The van der Waals surface area contributed by atoms with E-state index in [1.54, 1.807) is 7.05 Å². The molecule has 7 nitrogen and oxygen atoms in total. The van der Waals surface area contributed by atoms with Gasteiger partial charge in [-0.1, -0.05) is 26.0 Å². The van der Waals surface area contributed by atoms with Crippen LogP contribution in [0.1, 0.15) is 47.5 Å². The van der Waals surface area contributed by atoms with Gasteiger partial charge in [0.05, 0.1) is 24.5 Å². The van der Waals surface area contributed by atoms with E-state index in [0.29, 0.717) is 6.42 Å². The highest BCUT2D eigenvalue weighted by atomic mass is 16.3. The van der Waals surface area contributed by atoms with E-state index < -0.39 is 29.5 Å². The van der Waals surface area contributed by atoms with Crippen LogP contribution in [0.3, 0.4) is 0 Å². The molecule has 2 rings (SSSR count). The fourth-order valence-corrected chi connectivity index (χ4v) is 4.61. The van der Waals surface area contributed by atoms with E-state index in [-0.39, 0.29) is 36.2 Å². The van der Waals surface area contributed by atoms with Crippen LogP contribution in [0.2, 0.25) is 0 Å². The van der Waals surface area contributed by atoms with Crippen molar-refractivity contribution in [2.75, 3.05) is 13.7 Å². The Balaban J connectivity index is 2.53. The largest absolute Gasteiger partial charge is 0.394 e. The van der Waals surface area contributed by atoms with Gasteiger partial charge >= 0.3 is 0 Å². The molecule has 0 aromatic carbocycles. The van der Waals surface area contributed by atoms with E-state index in [0.717, 1.165) is 6.42 Å². The summed E-state index contributed by atoms with van der Waals surface area (Å²) < 4.78 is 0. The minimum absolute atomic E-state index is 0.0503. The molecule has 1 fully saturated rings. The number of hydrogen-bond acceptors (Lipinski definition) is 4. The number of nitrogens with one attached hydrogen (secondary N) is 2. The molecule has 2 aliphatic rings. The second-order valence-corrected chi connectivity index (χ2v) is 8.87. The number of likely N-dealkylation sites (tertiary alicyclic amines) is 1. The predicted octanol–water partition coefficient (Wildman–Crippen LogP) is 1.07. The first-order chi connectivity index (χ1) is 13.1. The van der Waals surface area contributed by atoms with Crippen molar-refractivity contribution in [1.29, 1.82) is 0 Å². The molecule has 0 bridgehead atoms. The van der Waals surface area contributed by atoms with Crippen molar-refractivity contribution < 1.29 is 19.5 Å². The summed E-state index contributed by atoms with van der Waals surface area (Å²) in [5.41, 5.74) is -0.449. The fourth-order valence-electron chi connectivity index (χ4n) is 4.61. The van der Waals surface area contributed by atoms with Gasteiger partial charge in [0, 0.05) is 18.5 Å². The number of amides is 3. The van der Waals surface area contributed by atoms with Gasteiger partial charge < -0.3 is 20.6 Å². The molecular weight excluding hydrogens is 358 g/mol. The van der Waals surface area contributed by atoms with Gasteiger partial charge in [0.1, 0.15) is 6.04 Å². The van der Waals surface area contributed by atoms with Crippen molar-refractivity contribution in [3.8, 4) is 0 Å². The van der Waals surface area contributed by atoms with E-state index in [1.165, 1.54) is 4.90 Å². The van der Waals surface area contributed by atoms with Gasteiger partial charge in [-0.15, -0.1) is 0 Å². The van der Waals surface area contributed by atoms with Crippen LogP contribution in [0.25, 0.3) is 0 Å². The van der Waals surface area contributed by atoms with Crippen molar-refractivity contribution in [2.24, 2.45) is 23.7 Å². The van der Waals surface area contributed by atoms with Crippen LogP contribution in [-0.4, -0.2) is 59.0 Å². The maximum atomic E-state index is 13.5. The van der Waals surface area contributed by atoms with Crippen LogP contribution in [0.5, 0.6) is 0 Å². The number of aliphatic hydroxyl groups is 1. The van der Waals surface area contributed by atoms with Gasteiger partial charge in [-0.25, -0.2) is 0 Å². The average Bonchev–Trinajstić information content (AvgIpc) is 2.93. The normalized spacial score (nSPS) is 30.8. The molecule has 1 saturated heterocycles. The summed E-state index contributed by atoms with van der Waals surface area (Å²) in [4.78, 5) is 40.9. The first-order valence-electron chi connectivity index (χ1n) is 10.3. The molecule has 158 valence electrons. The zero-order valence-electron chi connectivity index (χ0n) is 17.9. The molecule has 0 unspecified atom stereocenters. The minimum atomic E-state index is -0.727. The molecule has 28 heavy (non-hydrogen) atoms. The van der Waals surface area contributed by atoms with Crippen LogP contribution in [-0.2, 0) is 14.4 Å². The Bertz CT molecular complexity index is 636. The van der Waals surface area contributed by atoms with Gasteiger partial charge in [-0.05, 0) is 39.5 Å². The van der Waals surface area contributed by atoms with Crippen molar-refractivity contribution in [3.63, 3.8) is 0 Å². The van der Waals surface area contributed by atoms with E-state index in [2.05, 4.69) is 10.6 Å². The molecular formula is C21H35N3O4. The lowest BCUT2D eigenvalue weighted by molar-refractivity contribution is -0.143. The molecule has 0 spiro atoms. The summed E-state index contributed by atoms with van der Waals surface area (Å²) in [6.45, 7) is 9.34. The smallest absolute Gasteiger partial charge is 0.243 e. The minimum Gasteiger partial charge on any atom is -0.394 e. The maximum absolute atomic E-state index is 13.5. The molecule has 0 radical (unpaired) electrons. The summed E-state index contributed by atoms with van der Waals surface area (Å²) in [7, 11) is 1.58. The van der Waals surface area contributed by atoms with Gasteiger partial charge in [0.2, 0.25) is 17.7 Å². The second kappa shape index (κ2) is 8.64. The van der Waals surface area contributed by atoms with Gasteiger partial charge in [-0.3, -0.25) is 14.4 Å². The summed E-state index contributed by atoms with van der Waals surface area (Å²) in [5, 5.41) is 15.5. The Morgan fingerprint density at radius 1 is 1.21 bits per heavy atom. The third-order valence-corrected chi connectivity index (χ3v) is 5.91. The van der Waals surface area contributed by atoms with Crippen LogP contribution < -0.4 is 10.6 Å². The number of fused-ring (bicyclic) bond motifs is 1. The highest BCUT2D eigenvalue weighted by Crippen LogP contribution is 2.45. The fraction of sp³-hybridized carbons (Fsp3) is 0.762. The first-order valence-corrected chi connectivity index (χ1v) is 10.3. The number of allylic oxidation sites excluding steroid dienone is 1. The van der Waals surface area contributed by atoms with Crippen LogP contribution in [0.4, 0.5) is 0 Å². The predicted molar refractivity (Wildman–Crippen MR) is 107 cm³/mol. The molecule has 1 heterocycles. The summed E-state index contributed by atoms with van der Waals surface area (Å²) >= 11 is 0. The molecule has 0 aromatic heterocycles. The van der Waals surface area contributed by atoms with Crippen molar-refractivity contribution in [1.82, 2.24) is 15.5 Å². The van der Waals surface area contributed by atoms with E-state index in [1.807, 2.05) is 46.8 Å². The number of nitrogens with zero attached hydrogens (tertiary/aromatic N) is 1. The average molecular weight is 394 g/mol.